The van der Waals surface area contributed by atoms with Crippen LogP contribution >= 0.6 is 27.7 Å². The van der Waals surface area contributed by atoms with E-state index in [1.54, 1.807) is 18.7 Å². The quantitative estimate of drug-likeness (QED) is 0.559. The van der Waals surface area contributed by atoms with Gasteiger partial charge in [0.2, 0.25) is 10.0 Å². The van der Waals surface area contributed by atoms with E-state index in [1.165, 1.54) is 6.07 Å². The van der Waals surface area contributed by atoms with Crippen LogP contribution in [-0.4, -0.2) is 26.0 Å². The monoisotopic (exact) mass is 384 g/mol. The third kappa shape index (κ3) is 4.91. The first-order valence-electron chi connectivity index (χ1n) is 6.12. The summed E-state index contributed by atoms with van der Waals surface area (Å²) in [7, 11) is -3.92. The number of halogens is 2. The first-order chi connectivity index (χ1) is 9.27. The van der Waals surface area contributed by atoms with Gasteiger partial charge in [-0.2, -0.15) is 11.8 Å². The lowest BCUT2D eigenvalue weighted by Gasteiger charge is -2.15. The van der Waals surface area contributed by atoms with Crippen LogP contribution in [0.15, 0.2) is 21.5 Å². The van der Waals surface area contributed by atoms with Crippen LogP contribution in [0.25, 0.3) is 0 Å². The number of anilines is 1. The smallest absolute Gasteiger partial charge is 0.243 e. The third-order valence-electron chi connectivity index (χ3n) is 2.56. The SMILES string of the molecule is CCSCCC(C)NS(=O)(=O)c1cc(N)cc(Br)c1F. The van der Waals surface area contributed by atoms with Crippen molar-refractivity contribution in [3.05, 3.63) is 22.4 Å². The molecule has 0 saturated carbocycles. The minimum Gasteiger partial charge on any atom is -0.399 e. The maximum atomic E-state index is 13.9. The second-order valence-electron chi connectivity index (χ2n) is 4.32. The highest BCUT2D eigenvalue weighted by Crippen LogP contribution is 2.26. The number of nitrogens with one attached hydrogen (secondary N) is 1. The number of benzene rings is 1. The number of nitrogen functional groups attached to an aromatic ring is 1. The molecule has 0 fully saturated rings. The van der Waals surface area contributed by atoms with E-state index < -0.39 is 20.7 Å². The predicted molar refractivity (Wildman–Crippen MR) is 85.9 cm³/mol. The van der Waals surface area contributed by atoms with E-state index in [2.05, 4.69) is 20.7 Å². The zero-order chi connectivity index (χ0) is 15.3. The Hall–Kier alpha value is -0.310. The molecule has 0 aliphatic heterocycles. The summed E-state index contributed by atoms with van der Waals surface area (Å²) in [4.78, 5) is -0.431. The number of hydrogen-bond acceptors (Lipinski definition) is 4. The lowest BCUT2D eigenvalue weighted by molar-refractivity contribution is 0.538. The number of hydrogen-bond donors (Lipinski definition) is 2. The van der Waals surface area contributed by atoms with Gasteiger partial charge < -0.3 is 5.73 Å². The van der Waals surface area contributed by atoms with Gasteiger partial charge in [0, 0.05) is 11.7 Å². The van der Waals surface area contributed by atoms with Crippen LogP contribution in [0.3, 0.4) is 0 Å². The number of sulfonamides is 1. The number of nitrogens with two attached hydrogens (primary N) is 1. The Morgan fingerprint density at radius 2 is 2.15 bits per heavy atom. The van der Waals surface area contributed by atoms with Gasteiger partial charge in [0.05, 0.1) is 4.47 Å². The Bertz CT molecular complexity index is 567. The molecule has 1 aromatic rings. The van der Waals surface area contributed by atoms with Gasteiger partial charge in [-0.1, -0.05) is 6.92 Å². The van der Waals surface area contributed by atoms with Crippen LogP contribution in [0.5, 0.6) is 0 Å². The van der Waals surface area contributed by atoms with Crippen LogP contribution < -0.4 is 10.5 Å². The first-order valence-corrected chi connectivity index (χ1v) is 9.55. The number of thioether (sulfide) groups is 1. The molecule has 114 valence electrons. The van der Waals surface area contributed by atoms with Crippen molar-refractivity contribution >= 4 is 43.4 Å². The predicted octanol–water partition coefficient (Wildman–Crippen LogP) is 2.98. The van der Waals surface area contributed by atoms with Crippen LogP contribution in [-0.2, 0) is 10.0 Å². The zero-order valence-corrected chi connectivity index (χ0v) is 14.5. The molecule has 0 radical (unpaired) electrons. The Morgan fingerprint density at radius 3 is 2.75 bits per heavy atom. The fourth-order valence-electron chi connectivity index (χ4n) is 1.57. The molecule has 1 rings (SSSR count). The molecule has 8 heteroatoms. The Labute approximate surface area is 131 Å². The van der Waals surface area contributed by atoms with Crippen LogP contribution in [0, 0.1) is 5.82 Å². The summed E-state index contributed by atoms with van der Waals surface area (Å²) in [6, 6.07) is 2.18. The van der Waals surface area contributed by atoms with Gasteiger partial charge in [0.25, 0.3) is 0 Å². The molecule has 1 unspecified atom stereocenters. The van der Waals surface area contributed by atoms with Crippen LogP contribution in [0.2, 0.25) is 0 Å². The van der Waals surface area contributed by atoms with E-state index in [0.717, 1.165) is 17.6 Å². The molecule has 0 aromatic heterocycles. The largest absolute Gasteiger partial charge is 0.399 e. The average molecular weight is 385 g/mol. The topological polar surface area (TPSA) is 72.2 Å². The highest BCUT2D eigenvalue weighted by molar-refractivity contribution is 9.10. The van der Waals surface area contributed by atoms with Gasteiger partial charge in [-0.3, -0.25) is 0 Å². The molecule has 1 atom stereocenters. The maximum absolute atomic E-state index is 13.9. The highest BCUT2D eigenvalue weighted by atomic mass is 79.9. The molecule has 4 nitrogen and oxygen atoms in total. The molecule has 0 amide bonds. The normalized spacial score (nSPS) is 13.4. The fraction of sp³-hybridized carbons (Fsp3) is 0.500. The molecule has 0 aliphatic carbocycles. The van der Waals surface area contributed by atoms with Crippen LogP contribution in [0.1, 0.15) is 20.3 Å². The van der Waals surface area contributed by atoms with Gasteiger partial charge in [0.1, 0.15) is 4.90 Å². The van der Waals surface area contributed by atoms with Gasteiger partial charge in [-0.15, -0.1) is 0 Å². The van der Waals surface area contributed by atoms with Gasteiger partial charge >= 0.3 is 0 Å². The van der Waals surface area contributed by atoms with Crippen molar-refractivity contribution in [3.8, 4) is 0 Å². The van der Waals surface area contributed by atoms with Crippen molar-refractivity contribution in [3.63, 3.8) is 0 Å². The maximum Gasteiger partial charge on any atom is 0.243 e. The molecule has 3 N–H and O–H groups in total. The Kier molecular flexibility index (Phi) is 6.77. The molecule has 1 aromatic carbocycles. The first kappa shape index (κ1) is 17.7. The highest BCUT2D eigenvalue weighted by Gasteiger charge is 2.23. The van der Waals surface area contributed by atoms with Crippen molar-refractivity contribution in [1.82, 2.24) is 4.72 Å². The summed E-state index contributed by atoms with van der Waals surface area (Å²) in [5, 5.41) is 0. The molecule has 0 bridgehead atoms. The molecule has 0 spiro atoms. The fourth-order valence-corrected chi connectivity index (χ4v) is 4.40. The van der Waals surface area contributed by atoms with E-state index in [0.29, 0.717) is 6.42 Å². The molecule has 0 aliphatic rings. The lowest BCUT2D eigenvalue weighted by atomic mass is 10.3. The average Bonchev–Trinajstić information content (AvgIpc) is 2.33. The molecule has 20 heavy (non-hydrogen) atoms. The summed E-state index contributed by atoms with van der Waals surface area (Å²) in [6.07, 6.45) is 0.683. The minimum absolute atomic E-state index is 0.0343. The van der Waals surface area contributed by atoms with Gasteiger partial charge in [-0.05, 0) is 52.9 Å². The van der Waals surface area contributed by atoms with E-state index in [-0.39, 0.29) is 16.2 Å². The van der Waals surface area contributed by atoms with Crippen molar-refractivity contribution in [2.45, 2.75) is 31.2 Å². The summed E-state index contributed by atoms with van der Waals surface area (Å²) in [6.45, 7) is 3.80. The van der Waals surface area contributed by atoms with E-state index in [1.807, 2.05) is 6.92 Å². The summed E-state index contributed by atoms with van der Waals surface area (Å²) < 4.78 is 40.7. The summed E-state index contributed by atoms with van der Waals surface area (Å²) in [5.41, 5.74) is 5.75. The third-order valence-corrected chi connectivity index (χ3v) is 5.66. The van der Waals surface area contributed by atoms with E-state index in [4.69, 9.17) is 5.73 Å². The van der Waals surface area contributed by atoms with Crippen LogP contribution in [0.4, 0.5) is 10.1 Å². The molecular weight excluding hydrogens is 367 g/mol. The summed E-state index contributed by atoms with van der Waals surface area (Å²) >= 11 is 4.69. The Balaban J connectivity index is 2.89. The van der Waals surface area contributed by atoms with Gasteiger partial charge in [-0.25, -0.2) is 17.5 Å². The lowest BCUT2D eigenvalue weighted by Crippen LogP contribution is -2.33. The van der Waals surface area contributed by atoms with Crippen molar-refractivity contribution < 1.29 is 12.8 Å². The Morgan fingerprint density at radius 1 is 1.50 bits per heavy atom. The second kappa shape index (κ2) is 7.63. The molecule has 0 saturated heterocycles. The molecule has 0 heterocycles. The summed E-state index contributed by atoms with van der Waals surface area (Å²) in [5.74, 6) is 1.00. The number of rotatable bonds is 7. The van der Waals surface area contributed by atoms with Crippen molar-refractivity contribution in [2.75, 3.05) is 17.2 Å². The van der Waals surface area contributed by atoms with E-state index in [9.17, 15) is 12.8 Å². The zero-order valence-electron chi connectivity index (χ0n) is 11.3. The van der Waals surface area contributed by atoms with Crippen molar-refractivity contribution in [2.24, 2.45) is 0 Å². The minimum atomic E-state index is -3.92. The van der Waals surface area contributed by atoms with Crippen molar-refractivity contribution in [1.29, 1.82) is 0 Å². The van der Waals surface area contributed by atoms with Gasteiger partial charge in [0.15, 0.2) is 5.82 Å². The molecular formula is C12H18BrFN2O2S2. The standard InChI is InChI=1S/C12H18BrFN2O2S2/c1-3-19-5-4-8(2)16-20(17,18)11-7-9(15)6-10(13)12(11)14/h6-8,16H,3-5,15H2,1-2H3. The van der Waals surface area contributed by atoms with E-state index >= 15 is 0 Å². The second-order valence-corrected chi connectivity index (χ2v) is 8.25.